The van der Waals surface area contributed by atoms with Gasteiger partial charge in [-0.2, -0.15) is 0 Å². The predicted molar refractivity (Wildman–Crippen MR) is 133 cm³/mol. The Morgan fingerprint density at radius 2 is 1.59 bits per heavy atom. The van der Waals surface area contributed by atoms with Crippen LogP contribution in [0.2, 0.25) is 0 Å². The van der Waals surface area contributed by atoms with Gasteiger partial charge >= 0.3 is 11.9 Å². The molecule has 1 fully saturated rings. The smallest absolute Gasteiger partial charge is 0.337 e. The van der Waals surface area contributed by atoms with Gasteiger partial charge in [0.25, 0.3) is 0 Å². The summed E-state index contributed by atoms with van der Waals surface area (Å²) >= 11 is 0. The molecular formula is C27H36N2O5. The van der Waals surface area contributed by atoms with Crippen molar-refractivity contribution in [3.05, 3.63) is 46.8 Å². The van der Waals surface area contributed by atoms with Crippen LogP contribution in [0, 0.1) is 19.3 Å². The molecule has 1 atom stereocenters. The topological polar surface area (TPSA) is 100.0 Å². The third-order valence-corrected chi connectivity index (χ3v) is 6.39. The number of ether oxygens (including phenoxy) is 1. The number of aromatic carboxylic acids is 1. The Bertz CT molecular complexity index is 1070. The number of aliphatic carboxylic acids is 1. The summed E-state index contributed by atoms with van der Waals surface area (Å²) in [4.78, 5) is 30.9. The van der Waals surface area contributed by atoms with Crippen molar-refractivity contribution in [3.8, 4) is 11.1 Å². The van der Waals surface area contributed by atoms with Crippen molar-refractivity contribution >= 4 is 17.6 Å². The first kappa shape index (κ1) is 25.7. The number of hydrogen-bond acceptors (Lipinski definition) is 5. The van der Waals surface area contributed by atoms with Crippen molar-refractivity contribution in [2.45, 2.75) is 73.0 Å². The van der Waals surface area contributed by atoms with E-state index >= 15 is 0 Å². The van der Waals surface area contributed by atoms with E-state index in [0.29, 0.717) is 11.3 Å². The van der Waals surface area contributed by atoms with Crippen molar-refractivity contribution < 1.29 is 24.5 Å². The van der Waals surface area contributed by atoms with E-state index in [2.05, 4.69) is 18.7 Å². The van der Waals surface area contributed by atoms with Gasteiger partial charge in [0.05, 0.1) is 16.9 Å². The van der Waals surface area contributed by atoms with Crippen LogP contribution in [0.5, 0.6) is 0 Å². The van der Waals surface area contributed by atoms with Gasteiger partial charge in [0.15, 0.2) is 6.10 Å². The first-order valence-electron chi connectivity index (χ1n) is 11.7. The maximum atomic E-state index is 12.5. The number of aromatic nitrogens is 1. The summed E-state index contributed by atoms with van der Waals surface area (Å²) in [6.45, 7) is 15.3. The maximum Gasteiger partial charge on any atom is 0.337 e. The Hall–Kier alpha value is -2.93. The minimum Gasteiger partial charge on any atom is -0.479 e. The van der Waals surface area contributed by atoms with Crippen LogP contribution in [0.1, 0.15) is 80.9 Å². The summed E-state index contributed by atoms with van der Waals surface area (Å²) in [5.74, 6) is -2.05. The van der Waals surface area contributed by atoms with E-state index in [4.69, 9.17) is 9.72 Å². The molecule has 1 saturated heterocycles. The Kier molecular flexibility index (Phi) is 7.08. The highest BCUT2D eigenvalue weighted by Crippen LogP contribution is 2.44. The number of carbonyl (C=O) groups is 2. The molecule has 0 spiro atoms. The van der Waals surface area contributed by atoms with Crippen LogP contribution < -0.4 is 4.90 Å². The van der Waals surface area contributed by atoms with Crippen LogP contribution in [0.25, 0.3) is 11.1 Å². The molecule has 7 nitrogen and oxygen atoms in total. The van der Waals surface area contributed by atoms with Gasteiger partial charge in [-0.05, 0) is 70.6 Å². The zero-order chi connectivity index (χ0) is 25.4. The van der Waals surface area contributed by atoms with Gasteiger partial charge in [0.2, 0.25) is 0 Å². The molecule has 0 bridgehead atoms. The van der Waals surface area contributed by atoms with Gasteiger partial charge in [0.1, 0.15) is 0 Å². The van der Waals surface area contributed by atoms with Crippen LogP contribution >= 0.6 is 0 Å². The van der Waals surface area contributed by atoms with E-state index in [0.717, 1.165) is 48.4 Å². The lowest BCUT2D eigenvalue weighted by atomic mass is 9.81. The number of carboxylic acids is 2. The molecule has 0 amide bonds. The third kappa shape index (κ3) is 5.58. The van der Waals surface area contributed by atoms with Crippen molar-refractivity contribution in [1.82, 2.24) is 4.98 Å². The summed E-state index contributed by atoms with van der Waals surface area (Å²) in [5.41, 5.74) is 4.13. The molecule has 7 heteroatoms. The number of anilines is 1. The van der Waals surface area contributed by atoms with Gasteiger partial charge in [-0.1, -0.05) is 26.0 Å². The van der Waals surface area contributed by atoms with E-state index in [1.807, 2.05) is 34.6 Å². The minimum atomic E-state index is -1.19. The highest BCUT2D eigenvalue weighted by molar-refractivity contribution is 5.91. The van der Waals surface area contributed by atoms with Crippen molar-refractivity contribution in [1.29, 1.82) is 0 Å². The molecule has 1 aliphatic heterocycles. The summed E-state index contributed by atoms with van der Waals surface area (Å²) in [5, 5.41) is 19.5. The Morgan fingerprint density at radius 1 is 1.03 bits per heavy atom. The zero-order valence-corrected chi connectivity index (χ0v) is 21.2. The Morgan fingerprint density at radius 3 is 2.06 bits per heavy atom. The molecule has 0 radical (unpaired) electrons. The van der Waals surface area contributed by atoms with Gasteiger partial charge in [-0.3, -0.25) is 4.98 Å². The molecule has 2 heterocycles. The lowest BCUT2D eigenvalue weighted by Gasteiger charge is -2.41. The van der Waals surface area contributed by atoms with E-state index in [-0.39, 0.29) is 11.0 Å². The monoisotopic (exact) mass is 468 g/mol. The third-order valence-electron chi connectivity index (χ3n) is 6.39. The maximum absolute atomic E-state index is 12.5. The standard InChI is InChI=1S/C27H36N2O5/c1-16-20(18-8-10-19(11-9-18)24(30)31)22(29-14-12-27(6,7)13-15-29)21(17(2)28-16)23(25(32)33)34-26(3,4)5/h8-11,23H,12-15H2,1-7H3,(H,30,31)(H,32,33). The SMILES string of the molecule is Cc1nc(C)c(C(OC(C)(C)C)C(=O)O)c(N2CCC(C)(C)CC2)c1-c1ccc(C(=O)O)cc1. The summed E-state index contributed by atoms with van der Waals surface area (Å²) in [6, 6.07) is 6.68. The molecule has 184 valence electrons. The molecule has 1 unspecified atom stereocenters. The summed E-state index contributed by atoms with van der Waals surface area (Å²) in [6.07, 6.45) is 0.764. The summed E-state index contributed by atoms with van der Waals surface area (Å²) < 4.78 is 6.08. The average Bonchev–Trinajstić information content (AvgIpc) is 2.71. The molecule has 1 aromatic heterocycles. The molecule has 2 aromatic rings. The molecule has 1 aliphatic rings. The fourth-order valence-electron chi connectivity index (χ4n) is 4.53. The molecule has 0 saturated carbocycles. The second kappa shape index (κ2) is 9.37. The van der Waals surface area contributed by atoms with Crippen LogP contribution in [-0.2, 0) is 9.53 Å². The number of rotatable bonds is 6. The molecule has 34 heavy (non-hydrogen) atoms. The number of hydrogen-bond donors (Lipinski definition) is 2. The van der Waals surface area contributed by atoms with Gasteiger partial charge < -0.3 is 19.8 Å². The largest absolute Gasteiger partial charge is 0.479 e. The van der Waals surface area contributed by atoms with Crippen LogP contribution in [0.3, 0.4) is 0 Å². The number of piperidine rings is 1. The average molecular weight is 469 g/mol. The fraction of sp³-hybridized carbons (Fsp3) is 0.519. The first-order valence-corrected chi connectivity index (χ1v) is 11.7. The van der Waals surface area contributed by atoms with Gasteiger partial charge in [0, 0.05) is 35.6 Å². The van der Waals surface area contributed by atoms with E-state index < -0.39 is 23.6 Å². The fourth-order valence-corrected chi connectivity index (χ4v) is 4.53. The highest BCUT2D eigenvalue weighted by Gasteiger charge is 2.36. The number of benzene rings is 1. The lowest BCUT2D eigenvalue weighted by molar-refractivity contribution is -0.160. The number of carboxylic acid groups (broad SMARTS) is 2. The Balaban J connectivity index is 2.29. The van der Waals surface area contributed by atoms with E-state index in [9.17, 15) is 19.8 Å². The van der Waals surface area contributed by atoms with E-state index in [1.165, 1.54) is 0 Å². The highest BCUT2D eigenvalue weighted by atomic mass is 16.5. The predicted octanol–water partition coefficient (Wildman–Crippen LogP) is 5.63. The van der Waals surface area contributed by atoms with Gasteiger partial charge in [-0.15, -0.1) is 0 Å². The van der Waals surface area contributed by atoms with Crippen LogP contribution in [0.4, 0.5) is 5.69 Å². The van der Waals surface area contributed by atoms with Crippen molar-refractivity contribution in [3.63, 3.8) is 0 Å². The molecule has 0 aliphatic carbocycles. The number of nitrogens with zero attached hydrogens (tertiary/aromatic N) is 2. The molecule has 3 rings (SSSR count). The van der Waals surface area contributed by atoms with Crippen LogP contribution in [0.15, 0.2) is 24.3 Å². The Labute approximate surface area is 201 Å². The molecular weight excluding hydrogens is 432 g/mol. The quantitative estimate of drug-likeness (QED) is 0.566. The van der Waals surface area contributed by atoms with Crippen molar-refractivity contribution in [2.75, 3.05) is 18.0 Å². The minimum absolute atomic E-state index is 0.197. The molecule has 2 N–H and O–H groups in total. The second-order valence-electron chi connectivity index (χ2n) is 10.9. The second-order valence-corrected chi connectivity index (χ2v) is 10.9. The summed E-state index contributed by atoms with van der Waals surface area (Å²) in [7, 11) is 0. The number of aryl methyl sites for hydroxylation is 2. The first-order chi connectivity index (χ1) is 15.7. The van der Waals surface area contributed by atoms with Crippen LogP contribution in [-0.4, -0.2) is 45.8 Å². The number of pyridine rings is 1. The molecule has 1 aromatic carbocycles. The van der Waals surface area contributed by atoms with Crippen molar-refractivity contribution in [2.24, 2.45) is 5.41 Å². The normalized spacial score (nSPS) is 16.9. The van der Waals surface area contributed by atoms with E-state index in [1.54, 1.807) is 24.3 Å². The lowest BCUT2D eigenvalue weighted by Crippen LogP contribution is -2.39. The zero-order valence-electron chi connectivity index (χ0n) is 21.2. The van der Waals surface area contributed by atoms with Gasteiger partial charge in [-0.25, -0.2) is 9.59 Å².